The van der Waals surface area contributed by atoms with E-state index in [9.17, 15) is 45.6 Å². The fourth-order valence-corrected chi connectivity index (χ4v) is 8.44. The normalized spacial score (nSPS) is 16.6. The highest BCUT2D eigenvalue weighted by molar-refractivity contribution is 7.92. The molecule has 0 aliphatic carbocycles. The van der Waals surface area contributed by atoms with Crippen LogP contribution in [-0.4, -0.2) is 149 Å². The van der Waals surface area contributed by atoms with Crippen LogP contribution < -0.4 is 35.8 Å². The zero-order valence-electron chi connectivity index (χ0n) is 37.8. The molecule has 5 amide bonds. The first-order chi connectivity index (χ1) is 33.0. The number of para-hydroxylation sites is 1. The maximum atomic E-state index is 14.0. The Kier molecular flexibility index (Phi) is 16.0. The molecule has 0 saturated carbocycles. The average molecular weight is 980 g/mol. The summed E-state index contributed by atoms with van der Waals surface area (Å²) in [5, 5.41) is 13.5. The first-order valence-corrected chi connectivity index (χ1v) is 23.9. The van der Waals surface area contributed by atoms with Crippen molar-refractivity contribution in [1.29, 1.82) is 0 Å². The predicted octanol–water partition coefficient (Wildman–Crippen LogP) is 3.03. The summed E-state index contributed by atoms with van der Waals surface area (Å²) >= 11 is 0. The summed E-state index contributed by atoms with van der Waals surface area (Å²) in [5.74, 6) is -3.37. The highest BCUT2D eigenvalue weighted by Crippen LogP contribution is 2.36. The summed E-state index contributed by atoms with van der Waals surface area (Å²) in [4.78, 5) is 76.2. The molecule has 0 spiro atoms. The Hall–Kier alpha value is -6.89. The maximum absolute atomic E-state index is 14.0. The van der Waals surface area contributed by atoms with E-state index in [2.05, 4.69) is 46.4 Å². The van der Waals surface area contributed by atoms with Crippen molar-refractivity contribution in [3.8, 4) is 0 Å². The molecule has 69 heavy (non-hydrogen) atoms. The van der Waals surface area contributed by atoms with E-state index in [1.165, 1.54) is 13.1 Å². The smallest absolute Gasteiger partial charge is 0.378 e. The molecule has 4 aromatic rings. The molecular formula is C45H52F3N11O9S. The largest absolute Gasteiger partial charge is 0.421 e. The standard InChI is InChI=1S/C45H52F3N11O9S/c1-56(69(2,65)66)35-9-4-3-6-29(35)26-51-40-33(45(46,47)48)27-52-44(55-40)53-30-10-12-31(13-11-30)58-19-17-57(18-20-58)21-23-68-25-24-67-22-16-49-38(61)28-50-34-8-5-7-32-39(34)43(64)59(42(32)63)36-14-15-37(60)54-41(36)62/h3-13,27,36,50H,14-26,28H2,1-2H3,(H,49,61)(H,54,60,62)(H2,51,52,53,55). The highest BCUT2D eigenvalue weighted by atomic mass is 32.2. The fraction of sp³-hybridized carbons (Fsp3) is 0.400. The minimum atomic E-state index is -4.75. The molecule has 2 fully saturated rings. The molecule has 5 N–H and O–H groups in total. The van der Waals surface area contributed by atoms with Gasteiger partial charge in [-0.05, 0) is 54.4 Å². The van der Waals surface area contributed by atoms with Crippen LogP contribution in [0.2, 0.25) is 0 Å². The number of halogens is 3. The lowest BCUT2D eigenvalue weighted by Crippen LogP contribution is -2.54. The molecule has 368 valence electrons. The molecule has 0 radical (unpaired) electrons. The number of sulfonamides is 1. The highest BCUT2D eigenvalue weighted by Gasteiger charge is 2.45. The summed E-state index contributed by atoms with van der Waals surface area (Å²) in [6.07, 6.45) is -2.96. The molecule has 1 unspecified atom stereocenters. The number of piperidine rings is 1. The number of ether oxygens (including phenoxy) is 2. The third-order valence-corrected chi connectivity index (χ3v) is 12.8. The number of hydrogen-bond acceptors (Lipinski definition) is 16. The molecule has 2 saturated heterocycles. The van der Waals surface area contributed by atoms with Crippen molar-refractivity contribution < 1.29 is 55.0 Å². The summed E-state index contributed by atoms with van der Waals surface area (Å²) in [5.41, 5.74) is 1.69. The number of imide groups is 2. The topological polar surface area (TPSA) is 237 Å². The van der Waals surface area contributed by atoms with Crippen LogP contribution in [0.15, 0.2) is 72.9 Å². The second kappa shape index (κ2) is 22.0. The molecule has 0 bridgehead atoms. The van der Waals surface area contributed by atoms with Crippen molar-refractivity contribution >= 4 is 74.1 Å². The van der Waals surface area contributed by atoms with Crippen LogP contribution in [0.25, 0.3) is 0 Å². The monoisotopic (exact) mass is 979 g/mol. The van der Waals surface area contributed by atoms with Gasteiger partial charge in [0, 0.05) is 82.5 Å². The zero-order chi connectivity index (χ0) is 49.3. The number of benzene rings is 3. The Balaban J connectivity index is 0.766. The number of rotatable bonds is 21. The molecule has 20 nitrogen and oxygen atoms in total. The molecule has 3 aliphatic rings. The molecule has 24 heteroatoms. The Morgan fingerprint density at radius 3 is 2.33 bits per heavy atom. The first kappa shape index (κ1) is 50.0. The fourth-order valence-electron chi connectivity index (χ4n) is 7.90. The van der Waals surface area contributed by atoms with Gasteiger partial charge in [-0.25, -0.2) is 13.4 Å². The number of nitrogens with zero attached hydrogens (tertiary/aromatic N) is 6. The van der Waals surface area contributed by atoms with Gasteiger partial charge in [0.2, 0.25) is 33.7 Å². The molecule has 1 aromatic heterocycles. The summed E-state index contributed by atoms with van der Waals surface area (Å²) in [6.45, 7) is 5.24. The number of fused-ring (bicyclic) bond motifs is 1. The van der Waals surface area contributed by atoms with Crippen LogP contribution in [0.1, 0.15) is 44.7 Å². The molecule has 3 aliphatic heterocycles. The van der Waals surface area contributed by atoms with Crippen LogP contribution in [0.4, 0.5) is 47.7 Å². The molecule has 7 rings (SSSR count). The second-order valence-electron chi connectivity index (χ2n) is 16.3. The lowest BCUT2D eigenvalue weighted by Gasteiger charge is -2.36. The molecule has 4 heterocycles. The number of carbonyl (C=O) groups excluding carboxylic acids is 5. The van der Waals surface area contributed by atoms with Gasteiger partial charge in [-0.3, -0.25) is 43.4 Å². The average Bonchev–Trinajstić information content (AvgIpc) is 3.57. The summed E-state index contributed by atoms with van der Waals surface area (Å²) in [7, 11) is -2.25. The van der Waals surface area contributed by atoms with E-state index >= 15 is 0 Å². The minimum Gasteiger partial charge on any atom is -0.378 e. The number of aromatic nitrogens is 2. The Bertz CT molecular complexity index is 2650. The zero-order valence-corrected chi connectivity index (χ0v) is 38.6. The number of piperazine rings is 1. The van der Waals surface area contributed by atoms with Crippen LogP contribution in [0.5, 0.6) is 0 Å². The van der Waals surface area contributed by atoms with Crippen LogP contribution in [0.3, 0.4) is 0 Å². The predicted molar refractivity (Wildman–Crippen MR) is 249 cm³/mol. The summed E-state index contributed by atoms with van der Waals surface area (Å²) < 4.78 is 78.6. The molecule has 1 atom stereocenters. The van der Waals surface area contributed by atoms with Crippen molar-refractivity contribution in [1.82, 2.24) is 30.4 Å². The van der Waals surface area contributed by atoms with Crippen molar-refractivity contribution in [3.05, 3.63) is 95.2 Å². The first-order valence-electron chi connectivity index (χ1n) is 22.0. The summed E-state index contributed by atoms with van der Waals surface area (Å²) in [6, 6.07) is 17.4. The SMILES string of the molecule is CN(c1ccccc1CNc1nc(Nc2ccc(N3CCN(CCOCCOCCNC(=O)CNc4cccc5c4C(=O)N(C4CCC(=O)NC4=O)C5=O)CC3)cc2)ncc1C(F)(F)F)S(C)(=O)=O. The lowest BCUT2D eigenvalue weighted by molar-refractivity contribution is -0.138. The van der Waals surface area contributed by atoms with Gasteiger partial charge in [-0.15, -0.1) is 0 Å². The second-order valence-corrected chi connectivity index (χ2v) is 18.3. The third kappa shape index (κ3) is 12.6. The van der Waals surface area contributed by atoms with Crippen LogP contribution in [-0.2, 0) is 46.6 Å². The molecule has 3 aromatic carbocycles. The maximum Gasteiger partial charge on any atom is 0.421 e. The number of alkyl halides is 3. The van der Waals surface area contributed by atoms with Gasteiger partial charge >= 0.3 is 6.18 Å². The van der Waals surface area contributed by atoms with E-state index in [1.807, 2.05) is 12.1 Å². The van der Waals surface area contributed by atoms with Crippen LogP contribution in [0, 0.1) is 0 Å². The van der Waals surface area contributed by atoms with Crippen molar-refractivity contribution in [3.63, 3.8) is 0 Å². The van der Waals surface area contributed by atoms with Gasteiger partial charge in [0.05, 0.1) is 56.0 Å². The van der Waals surface area contributed by atoms with E-state index in [1.54, 1.807) is 48.5 Å². The van der Waals surface area contributed by atoms with Gasteiger partial charge in [-0.2, -0.15) is 18.2 Å². The van der Waals surface area contributed by atoms with Gasteiger partial charge in [-0.1, -0.05) is 24.3 Å². The van der Waals surface area contributed by atoms with E-state index < -0.39 is 57.3 Å². The van der Waals surface area contributed by atoms with E-state index in [-0.39, 0.29) is 67.8 Å². The Morgan fingerprint density at radius 1 is 0.899 bits per heavy atom. The van der Waals surface area contributed by atoms with Gasteiger partial charge < -0.3 is 35.6 Å². The minimum absolute atomic E-state index is 0.00826. The van der Waals surface area contributed by atoms with Gasteiger partial charge in [0.15, 0.2) is 0 Å². The number of carbonyl (C=O) groups is 5. The number of anilines is 6. The Morgan fingerprint density at radius 2 is 1.62 bits per heavy atom. The number of hydrogen-bond donors (Lipinski definition) is 5. The number of nitrogens with one attached hydrogen (secondary N) is 5. The number of amides is 5. The van der Waals surface area contributed by atoms with E-state index in [0.717, 1.165) is 53.9 Å². The van der Waals surface area contributed by atoms with Crippen molar-refractivity contribution in [2.75, 3.05) is 111 Å². The van der Waals surface area contributed by atoms with E-state index in [0.29, 0.717) is 43.0 Å². The molecular weight excluding hydrogens is 928 g/mol. The van der Waals surface area contributed by atoms with Gasteiger partial charge in [0.25, 0.3) is 11.8 Å². The van der Waals surface area contributed by atoms with E-state index in [4.69, 9.17) is 9.47 Å². The van der Waals surface area contributed by atoms with Gasteiger partial charge in [0.1, 0.15) is 17.4 Å². The van der Waals surface area contributed by atoms with Crippen LogP contribution >= 0.6 is 0 Å². The third-order valence-electron chi connectivity index (χ3n) is 11.6. The quantitative estimate of drug-likeness (QED) is 0.0596. The lowest BCUT2D eigenvalue weighted by atomic mass is 10.0. The van der Waals surface area contributed by atoms with Crippen molar-refractivity contribution in [2.24, 2.45) is 0 Å². The van der Waals surface area contributed by atoms with Crippen molar-refractivity contribution in [2.45, 2.75) is 31.6 Å². The Labute approximate surface area is 395 Å².